The Morgan fingerprint density at radius 1 is 0.692 bits per heavy atom. The fourth-order valence-corrected chi connectivity index (χ4v) is 7.85. The fourth-order valence-electron chi connectivity index (χ4n) is 7.85. The van der Waals surface area contributed by atoms with Crippen molar-refractivity contribution in [3.63, 3.8) is 0 Å². The van der Waals surface area contributed by atoms with Crippen LogP contribution in [-0.2, 0) is 6.54 Å². The lowest BCUT2D eigenvalue weighted by molar-refractivity contribution is 0.966. The molecular formula is C48H36N4. The van der Waals surface area contributed by atoms with Gasteiger partial charge in [0.15, 0.2) is 0 Å². The largest absolute Gasteiger partial charge is 0.335 e. The van der Waals surface area contributed by atoms with E-state index in [2.05, 4.69) is 161 Å². The van der Waals surface area contributed by atoms with Gasteiger partial charge in [-0.15, -0.1) is 0 Å². The molecule has 1 aliphatic heterocycles. The van der Waals surface area contributed by atoms with Crippen LogP contribution in [-0.4, -0.2) is 16.3 Å². The second kappa shape index (κ2) is 12.8. The van der Waals surface area contributed by atoms with Crippen molar-refractivity contribution >= 4 is 62.2 Å². The number of allylic oxidation sites excluding steroid dienone is 5. The predicted molar refractivity (Wildman–Crippen MR) is 222 cm³/mol. The summed E-state index contributed by atoms with van der Waals surface area (Å²) in [5.41, 5.74) is 15.8. The van der Waals surface area contributed by atoms with Crippen molar-refractivity contribution in [2.75, 3.05) is 4.90 Å². The van der Waals surface area contributed by atoms with Crippen LogP contribution in [0.15, 0.2) is 176 Å². The zero-order valence-corrected chi connectivity index (χ0v) is 29.0. The highest BCUT2D eigenvalue weighted by Gasteiger charge is 2.27. The van der Waals surface area contributed by atoms with Gasteiger partial charge in [0.1, 0.15) is 0 Å². The summed E-state index contributed by atoms with van der Waals surface area (Å²) in [5.74, 6) is 0. The molecule has 0 fully saturated rings. The number of anilines is 2. The van der Waals surface area contributed by atoms with Gasteiger partial charge in [-0.05, 0) is 102 Å². The monoisotopic (exact) mass is 668 g/mol. The van der Waals surface area contributed by atoms with Crippen LogP contribution < -0.4 is 4.90 Å². The molecule has 0 bridgehead atoms. The Morgan fingerprint density at radius 2 is 1.42 bits per heavy atom. The molecule has 4 nitrogen and oxygen atoms in total. The summed E-state index contributed by atoms with van der Waals surface area (Å²) >= 11 is 0. The Bertz CT molecular complexity index is 2760. The highest BCUT2D eigenvalue weighted by Crippen LogP contribution is 2.48. The van der Waals surface area contributed by atoms with E-state index in [9.17, 15) is 0 Å². The number of aromatic nitrogens is 2. The molecule has 0 N–H and O–H groups in total. The first kappa shape index (κ1) is 31.2. The highest BCUT2D eigenvalue weighted by atomic mass is 15.2. The van der Waals surface area contributed by atoms with Crippen LogP contribution in [0, 0.1) is 0 Å². The number of aliphatic imine (C=N–C) groups is 1. The quantitative estimate of drug-likeness (QED) is 0.125. The molecule has 0 saturated carbocycles. The molecule has 0 atom stereocenters. The lowest BCUT2D eigenvalue weighted by atomic mass is 9.88. The van der Waals surface area contributed by atoms with Crippen LogP contribution in [0.1, 0.15) is 12.5 Å². The molecule has 8 aromatic rings. The molecule has 0 spiro atoms. The zero-order chi connectivity index (χ0) is 35.2. The molecule has 52 heavy (non-hydrogen) atoms. The average Bonchev–Trinajstić information content (AvgIpc) is 3.53. The third-order valence-electron chi connectivity index (χ3n) is 10.2. The van der Waals surface area contributed by atoms with Crippen molar-refractivity contribution in [1.29, 1.82) is 0 Å². The maximum Gasteiger partial charge on any atom is 0.0859 e. The van der Waals surface area contributed by atoms with E-state index in [1.807, 2.05) is 37.4 Å². The Kier molecular flexibility index (Phi) is 7.71. The van der Waals surface area contributed by atoms with Crippen molar-refractivity contribution in [3.05, 3.63) is 176 Å². The summed E-state index contributed by atoms with van der Waals surface area (Å²) in [4.78, 5) is 11.6. The molecular weight excluding hydrogens is 633 g/mol. The van der Waals surface area contributed by atoms with Crippen LogP contribution in [0.2, 0.25) is 0 Å². The molecule has 2 aromatic heterocycles. The van der Waals surface area contributed by atoms with E-state index in [0.29, 0.717) is 6.54 Å². The van der Waals surface area contributed by atoms with Gasteiger partial charge in [-0.3, -0.25) is 9.98 Å². The molecule has 0 unspecified atom stereocenters. The van der Waals surface area contributed by atoms with E-state index in [1.54, 1.807) is 0 Å². The summed E-state index contributed by atoms with van der Waals surface area (Å²) in [5, 5.41) is 3.60. The van der Waals surface area contributed by atoms with Crippen LogP contribution in [0.25, 0.3) is 71.8 Å². The molecule has 248 valence electrons. The van der Waals surface area contributed by atoms with Gasteiger partial charge in [0.05, 0.1) is 34.5 Å². The summed E-state index contributed by atoms with van der Waals surface area (Å²) in [6.07, 6.45) is 10.00. The Morgan fingerprint density at radius 3 is 2.23 bits per heavy atom. The minimum Gasteiger partial charge on any atom is -0.335 e. The SMILES string of the molecule is C=C/C=C(\C=C/C)n1c2ccccc2c2cc(-c3ccc(-c4ccc5c(c4)-c4ccc6cccnc6c4CN5c4ccccc4N=C)cc3)ccc21. The van der Waals surface area contributed by atoms with Crippen LogP contribution >= 0.6 is 0 Å². The number of benzene rings is 6. The lowest BCUT2D eigenvalue weighted by Crippen LogP contribution is -2.22. The Hall–Kier alpha value is -6.78. The number of fused-ring (bicyclic) bond motifs is 8. The predicted octanol–water partition coefficient (Wildman–Crippen LogP) is 12.9. The summed E-state index contributed by atoms with van der Waals surface area (Å²) in [6.45, 7) is 10.6. The second-order valence-corrected chi connectivity index (χ2v) is 13.1. The summed E-state index contributed by atoms with van der Waals surface area (Å²) < 4.78 is 2.32. The zero-order valence-electron chi connectivity index (χ0n) is 29.0. The summed E-state index contributed by atoms with van der Waals surface area (Å²) in [7, 11) is 0. The molecule has 3 heterocycles. The first-order valence-corrected chi connectivity index (χ1v) is 17.6. The van der Waals surface area contributed by atoms with Gasteiger partial charge in [0.25, 0.3) is 0 Å². The van der Waals surface area contributed by atoms with Gasteiger partial charge in [0.2, 0.25) is 0 Å². The van der Waals surface area contributed by atoms with Gasteiger partial charge >= 0.3 is 0 Å². The minimum absolute atomic E-state index is 0.696. The molecule has 4 heteroatoms. The van der Waals surface area contributed by atoms with Gasteiger partial charge in [0, 0.05) is 44.9 Å². The van der Waals surface area contributed by atoms with Gasteiger partial charge in [-0.25, -0.2) is 0 Å². The van der Waals surface area contributed by atoms with Gasteiger partial charge in [-0.1, -0.05) is 104 Å². The minimum atomic E-state index is 0.696. The smallest absolute Gasteiger partial charge is 0.0859 e. The van der Waals surface area contributed by atoms with E-state index in [0.717, 1.165) is 33.7 Å². The number of para-hydroxylation sites is 3. The first-order chi connectivity index (χ1) is 25.7. The van der Waals surface area contributed by atoms with E-state index < -0.39 is 0 Å². The lowest BCUT2D eigenvalue weighted by Gasteiger charge is -2.34. The standard InChI is InChI=1S/C48H36N4/c1-4-11-37(12-5-2)52-45-16-8-6-14-39(45)41-30-36(24-27-46(41)52)33-20-18-32(19-21-33)35-23-26-44-40(29-35)38-25-22-34-13-10-28-50-48(34)42(38)31-51(44)47-17-9-7-15-43(47)49-3/h4-30H,1,3,31H2,2H3/b12-5-,37-11+. The number of hydrogen-bond donors (Lipinski definition) is 0. The first-order valence-electron chi connectivity index (χ1n) is 17.6. The average molecular weight is 669 g/mol. The van der Waals surface area contributed by atoms with Crippen molar-refractivity contribution in [1.82, 2.24) is 9.55 Å². The molecule has 0 saturated heterocycles. The normalized spacial score (nSPS) is 12.8. The summed E-state index contributed by atoms with van der Waals surface area (Å²) in [6, 6.07) is 48.0. The van der Waals surface area contributed by atoms with Crippen molar-refractivity contribution in [3.8, 4) is 33.4 Å². The van der Waals surface area contributed by atoms with E-state index in [4.69, 9.17) is 4.98 Å². The number of hydrogen-bond acceptors (Lipinski definition) is 3. The van der Waals surface area contributed by atoms with Crippen molar-refractivity contribution in [2.45, 2.75) is 13.5 Å². The number of pyridine rings is 1. The third-order valence-corrected chi connectivity index (χ3v) is 10.2. The highest BCUT2D eigenvalue weighted by molar-refractivity contribution is 6.11. The fraction of sp³-hybridized carbons (Fsp3) is 0.0417. The van der Waals surface area contributed by atoms with Crippen molar-refractivity contribution in [2.24, 2.45) is 4.99 Å². The molecule has 9 rings (SSSR count). The third kappa shape index (κ3) is 5.07. The van der Waals surface area contributed by atoms with E-state index in [-0.39, 0.29) is 0 Å². The molecule has 1 aliphatic rings. The molecule has 6 aromatic carbocycles. The maximum atomic E-state index is 4.85. The number of rotatable bonds is 7. The topological polar surface area (TPSA) is 33.4 Å². The second-order valence-electron chi connectivity index (χ2n) is 13.1. The Balaban J connectivity index is 1.13. The molecule has 0 radical (unpaired) electrons. The van der Waals surface area contributed by atoms with Gasteiger partial charge < -0.3 is 9.47 Å². The van der Waals surface area contributed by atoms with E-state index >= 15 is 0 Å². The van der Waals surface area contributed by atoms with Gasteiger partial charge in [-0.2, -0.15) is 0 Å². The van der Waals surface area contributed by atoms with Crippen LogP contribution in [0.4, 0.5) is 17.1 Å². The molecule has 0 aliphatic carbocycles. The van der Waals surface area contributed by atoms with E-state index in [1.165, 1.54) is 60.8 Å². The number of nitrogens with zero attached hydrogens (tertiary/aromatic N) is 4. The van der Waals surface area contributed by atoms with Crippen molar-refractivity contribution < 1.29 is 0 Å². The van der Waals surface area contributed by atoms with Crippen LogP contribution in [0.5, 0.6) is 0 Å². The molecule has 0 amide bonds. The van der Waals surface area contributed by atoms with Crippen LogP contribution in [0.3, 0.4) is 0 Å². The Labute approximate surface area is 303 Å². The maximum absolute atomic E-state index is 4.85.